The van der Waals surface area contributed by atoms with Crippen LogP contribution in [0.3, 0.4) is 0 Å². The van der Waals surface area contributed by atoms with Crippen LogP contribution in [0.1, 0.15) is 60.6 Å². The Bertz CT molecular complexity index is 1260. The third-order valence-electron chi connectivity index (χ3n) is 7.60. The van der Waals surface area contributed by atoms with Crippen LogP contribution < -0.4 is 9.47 Å². The van der Waals surface area contributed by atoms with E-state index in [-0.39, 0.29) is 54.2 Å². The van der Waals surface area contributed by atoms with E-state index in [9.17, 15) is 19.8 Å². The fourth-order valence-electron chi connectivity index (χ4n) is 5.07. The van der Waals surface area contributed by atoms with Crippen molar-refractivity contribution in [1.29, 1.82) is 0 Å². The number of aromatic hydroxyl groups is 2. The van der Waals surface area contributed by atoms with Gasteiger partial charge in [0, 0.05) is 29.6 Å². The van der Waals surface area contributed by atoms with Crippen LogP contribution in [0.2, 0.25) is 0 Å². The van der Waals surface area contributed by atoms with E-state index in [4.69, 9.17) is 37.9 Å². The van der Waals surface area contributed by atoms with Crippen LogP contribution in [-0.4, -0.2) is 112 Å². The quantitative estimate of drug-likeness (QED) is 0.0752. The molecule has 2 atom stereocenters. The third kappa shape index (κ3) is 15.0. The maximum absolute atomic E-state index is 12.7. The Balaban J connectivity index is 0.903. The number of benzene rings is 2. The van der Waals surface area contributed by atoms with Crippen molar-refractivity contribution in [2.75, 3.05) is 85.0 Å². The zero-order valence-electron chi connectivity index (χ0n) is 27.8. The average Bonchev–Trinajstić information content (AvgIpc) is 3.61. The van der Waals surface area contributed by atoms with Gasteiger partial charge in [0.2, 0.25) is 0 Å². The molecule has 1 saturated heterocycles. The van der Waals surface area contributed by atoms with E-state index in [0.717, 1.165) is 23.7 Å². The highest BCUT2D eigenvalue weighted by Gasteiger charge is 2.31. The molecule has 0 amide bonds. The highest BCUT2D eigenvalue weighted by atomic mass is 33.1. The summed E-state index contributed by atoms with van der Waals surface area (Å²) in [5.74, 6) is 1.40. The molecule has 2 N–H and O–H groups in total. The van der Waals surface area contributed by atoms with E-state index < -0.39 is 6.10 Å². The summed E-state index contributed by atoms with van der Waals surface area (Å²) < 4.78 is 44.3. The zero-order valence-corrected chi connectivity index (χ0v) is 29.5. The zero-order chi connectivity index (χ0) is 34.5. The van der Waals surface area contributed by atoms with Crippen molar-refractivity contribution in [2.24, 2.45) is 0 Å². The summed E-state index contributed by atoms with van der Waals surface area (Å²) in [6.07, 6.45) is 4.46. The van der Waals surface area contributed by atoms with E-state index in [1.165, 1.54) is 36.8 Å². The maximum atomic E-state index is 12.7. The number of ketones is 1. The van der Waals surface area contributed by atoms with Gasteiger partial charge in [0.15, 0.2) is 5.78 Å². The molecule has 2 heterocycles. The second kappa shape index (κ2) is 22.9. The number of phenolic OH excluding ortho intramolecular Hbond substituents is 2. The minimum absolute atomic E-state index is 0.0836. The van der Waals surface area contributed by atoms with Crippen molar-refractivity contribution in [2.45, 2.75) is 49.9 Å². The lowest BCUT2D eigenvalue weighted by molar-refractivity contribution is -0.145. The van der Waals surface area contributed by atoms with Gasteiger partial charge in [-0.3, -0.25) is 9.59 Å². The van der Waals surface area contributed by atoms with E-state index in [2.05, 4.69) is 0 Å². The molecule has 14 heteroatoms. The minimum atomic E-state index is -0.525. The lowest BCUT2D eigenvalue weighted by Crippen LogP contribution is -2.20. The molecule has 0 spiro atoms. The van der Waals surface area contributed by atoms with Gasteiger partial charge >= 0.3 is 5.97 Å². The van der Waals surface area contributed by atoms with Crippen LogP contribution in [0, 0.1) is 0 Å². The number of ether oxygens (including phenoxy) is 8. The Morgan fingerprint density at radius 3 is 2.02 bits per heavy atom. The van der Waals surface area contributed by atoms with E-state index in [1.54, 1.807) is 18.2 Å². The van der Waals surface area contributed by atoms with Crippen molar-refractivity contribution in [3.05, 3.63) is 47.5 Å². The predicted octanol–water partition coefficient (Wildman–Crippen LogP) is 5.52. The second-order valence-corrected chi connectivity index (χ2v) is 14.1. The van der Waals surface area contributed by atoms with Gasteiger partial charge < -0.3 is 48.1 Å². The van der Waals surface area contributed by atoms with Crippen LogP contribution in [0.4, 0.5) is 0 Å². The molecule has 2 aromatic rings. The van der Waals surface area contributed by atoms with E-state index in [0.29, 0.717) is 78.2 Å². The molecule has 0 aromatic heterocycles. The molecule has 2 aliphatic heterocycles. The summed E-state index contributed by atoms with van der Waals surface area (Å²) >= 11 is 0. The van der Waals surface area contributed by atoms with Crippen LogP contribution >= 0.6 is 21.6 Å². The van der Waals surface area contributed by atoms with Crippen LogP contribution in [0.15, 0.2) is 36.4 Å². The number of esters is 1. The van der Waals surface area contributed by atoms with Crippen molar-refractivity contribution in [1.82, 2.24) is 0 Å². The molecule has 0 radical (unpaired) electrons. The van der Waals surface area contributed by atoms with Gasteiger partial charge in [0.05, 0.1) is 72.5 Å². The first-order valence-electron chi connectivity index (χ1n) is 16.8. The van der Waals surface area contributed by atoms with Gasteiger partial charge in [-0.25, -0.2) is 0 Å². The monoisotopic (exact) mass is 724 g/mol. The number of Topliss-reactive ketones (excluding diaryl/α,β-unsaturated/α-hetero) is 1. The molecule has 0 saturated carbocycles. The first kappa shape index (κ1) is 39.1. The highest BCUT2D eigenvalue weighted by molar-refractivity contribution is 8.77. The lowest BCUT2D eigenvalue weighted by Gasteiger charge is -2.26. The molecule has 12 nitrogen and oxygen atoms in total. The van der Waals surface area contributed by atoms with Gasteiger partial charge in [0.25, 0.3) is 0 Å². The van der Waals surface area contributed by atoms with E-state index in [1.807, 2.05) is 21.6 Å². The molecule has 0 bridgehead atoms. The van der Waals surface area contributed by atoms with Crippen LogP contribution in [0.25, 0.3) is 0 Å². The molecule has 272 valence electrons. The van der Waals surface area contributed by atoms with Crippen molar-refractivity contribution in [3.8, 4) is 23.0 Å². The molecule has 2 aliphatic rings. The summed E-state index contributed by atoms with van der Waals surface area (Å²) in [5, 5.41) is 20.7. The largest absolute Gasteiger partial charge is 0.508 e. The standard InChI is InChI=1S/C35H48O12S2/c36-27-7-5-26(6-8-27)32-25-31(38)35-30(37)23-28(24-33(35)47-32)45-20-18-43-16-14-41-12-10-40-11-13-42-15-17-44-19-21-46-34(39)4-2-1-3-29-9-22-48-49-29/h5-8,23-24,29,32,36-37H,1-4,9-22,25H2. The Morgan fingerprint density at radius 1 is 0.796 bits per heavy atom. The molecule has 49 heavy (non-hydrogen) atoms. The smallest absolute Gasteiger partial charge is 0.305 e. The molecular weight excluding hydrogens is 677 g/mol. The first-order valence-corrected chi connectivity index (χ1v) is 19.2. The van der Waals surface area contributed by atoms with Gasteiger partial charge in [-0.2, -0.15) is 0 Å². The lowest BCUT2D eigenvalue weighted by atomic mass is 9.95. The highest BCUT2D eigenvalue weighted by Crippen LogP contribution is 2.42. The topological polar surface area (TPSA) is 148 Å². The Labute approximate surface area is 295 Å². The Kier molecular flexibility index (Phi) is 18.3. The summed E-state index contributed by atoms with van der Waals surface area (Å²) in [4.78, 5) is 24.5. The number of carbonyl (C=O) groups is 2. The number of fused-ring (bicyclic) bond motifs is 1. The molecule has 2 aromatic carbocycles. The fourth-order valence-corrected chi connectivity index (χ4v) is 8.09. The molecular formula is C35H48O12S2. The third-order valence-corrected chi connectivity index (χ3v) is 10.6. The number of carbonyl (C=O) groups excluding carboxylic acids is 2. The van der Waals surface area contributed by atoms with Crippen molar-refractivity contribution in [3.63, 3.8) is 0 Å². The number of unbranched alkanes of at least 4 members (excludes halogenated alkanes) is 1. The average molecular weight is 725 g/mol. The van der Waals surface area contributed by atoms with Crippen LogP contribution in [0.5, 0.6) is 23.0 Å². The van der Waals surface area contributed by atoms with Gasteiger partial charge in [0.1, 0.15) is 47.9 Å². The summed E-state index contributed by atoms with van der Waals surface area (Å²) in [5.41, 5.74) is 0.886. The van der Waals surface area contributed by atoms with Gasteiger partial charge in [-0.1, -0.05) is 40.1 Å². The molecule has 1 fully saturated rings. The SMILES string of the molecule is O=C(CCCCC1CCSS1)OCCOCCOCCOCCOCCOCCOc1cc(O)c2c(c1)OC(c1ccc(O)cc1)CC2=O. The van der Waals surface area contributed by atoms with Crippen molar-refractivity contribution >= 4 is 33.3 Å². The normalized spacial score (nSPS) is 17.1. The number of phenols is 2. The maximum Gasteiger partial charge on any atom is 0.305 e. The number of hydrogen-bond acceptors (Lipinski definition) is 14. The Morgan fingerprint density at radius 2 is 1.41 bits per heavy atom. The van der Waals surface area contributed by atoms with Crippen LogP contribution in [-0.2, 0) is 33.2 Å². The number of hydrogen-bond donors (Lipinski definition) is 2. The van der Waals surface area contributed by atoms with Gasteiger partial charge in [-0.15, -0.1) is 0 Å². The Hall–Kier alpha value is -2.72. The van der Waals surface area contributed by atoms with Gasteiger partial charge in [-0.05, 0) is 37.0 Å². The fraction of sp³-hybridized carbons (Fsp3) is 0.600. The van der Waals surface area contributed by atoms with Crippen molar-refractivity contribution < 1.29 is 57.7 Å². The molecule has 2 unspecified atom stereocenters. The summed E-state index contributed by atoms with van der Waals surface area (Å²) in [7, 11) is 3.93. The summed E-state index contributed by atoms with van der Waals surface area (Å²) in [6.45, 7) is 4.57. The molecule has 0 aliphatic carbocycles. The minimum Gasteiger partial charge on any atom is -0.508 e. The second-order valence-electron chi connectivity index (χ2n) is 11.3. The first-order chi connectivity index (χ1) is 24.0. The number of rotatable bonds is 25. The summed E-state index contributed by atoms with van der Waals surface area (Å²) in [6, 6.07) is 9.45. The van der Waals surface area contributed by atoms with E-state index >= 15 is 0 Å². The molecule has 4 rings (SSSR count). The predicted molar refractivity (Wildman–Crippen MR) is 186 cm³/mol.